The molecule has 0 amide bonds. The van der Waals surface area contributed by atoms with Gasteiger partial charge in [-0.05, 0) is 43.5 Å². The summed E-state index contributed by atoms with van der Waals surface area (Å²) in [4.78, 5) is 0. The third-order valence-electron chi connectivity index (χ3n) is 3.94. The SMILES string of the molecule is Cc1cc(C)c(Cn2nc(C(C)(C)C)cc2CO)c(C)c1. The number of aryl methyl sites for hydroxylation is 3. The van der Waals surface area contributed by atoms with Crippen LogP contribution in [-0.2, 0) is 18.6 Å². The van der Waals surface area contributed by atoms with Gasteiger partial charge in [0.25, 0.3) is 0 Å². The molecule has 1 aromatic carbocycles. The van der Waals surface area contributed by atoms with Gasteiger partial charge in [0.1, 0.15) is 0 Å². The molecule has 0 bridgehead atoms. The van der Waals surface area contributed by atoms with Crippen LogP contribution < -0.4 is 0 Å². The van der Waals surface area contributed by atoms with Crippen LogP contribution in [0, 0.1) is 20.8 Å². The van der Waals surface area contributed by atoms with Gasteiger partial charge in [0.15, 0.2) is 0 Å². The molecule has 0 atom stereocenters. The van der Waals surface area contributed by atoms with Gasteiger partial charge in [0.2, 0.25) is 0 Å². The Balaban J connectivity index is 2.42. The first-order valence-corrected chi connectivity index (χ1v) is 7.47. The first kappa shape index (κ1) is 15.8. The highest BCUT2D eigenvalue weighted by molar-refractivity contribution is 5.37. The Bertz CT molecular complexity index is 625. The van der Waals surface area contributed by atoms with Gasteiger partial charge in [-0.15, -0.1) is 0 Å². The van der Waals surface area contributed by atoms with Crippen molar-refractivity contribution in [2.24, 2.45) is 0 Å². The summed E-state index contributed by atoms with van der Waals surface area (Å²) in [6, 6.07) is 6.42. The number of hydrogen-bond donors (Lipinski definition) is 1. The number of hydrogen-bond acceptors (Lipinski definition) is 2. The van der Waals surface area contributed by atoms with Gasteiger partial charge in [-0.1, -0.05) is 38.5 Å². The Morgan fingerprint density at radius 3 is 2.10 bits per heavy atom. The molecule has 0 aliphatic rings. The molecule has 3 nitrogen and oxygen atoms in total. The topological polar surface area (TPSA) is 38.0 Å². The molecule has 2 aromatic rings. The maximum absolute atomic E-state index is 9.60. The number of nitrogens with zero attached hydrogens (tertiary/aromatic N) is 2. The second-order valence-corrected chi connectivity index (χ2v) is 6.96. The average Bonchev–Trinajstić information content (AvgIpc) is 2.76. The Morgan fingerprint density at radius 1 is 1.05 bits per heavy atom. The highest BCUT2D eigenvalue weighted by Crippen LogP contribution is 2.24. The van der Waals surface area contributed by atoms with Gasteiger partial charge in [-0.3, -0.25) is 4.68 Å². The van der Waals surface area contributed by atoms with Gasteiger partial charge >= 0.3 is 0 Å². The molecule has 0 saturated carbocycles. The molecule has 21 heavy (non-hydrogen) atoms. The van der Waals surface area contributed by atoms with Gasteiger partial charge < -0.3 is 5.11 Å². The minimum atomic E-state index is -0.00741. The fourth-order valence-electron chi connectivity index (χ4n) is 2.70. The number of aromatic nitrogens is 2. The summed E-state index contributed by atoms with van der Waals surface area (Å²) in [7, 11) is 0. The molecular weight excluding hydrogens is 260 g/mol. The van der Waals surface area contributed by atoms with Crippen molar-refractivity contribution in [1.82, 2.24) is 9.78 Å². The first-order valence-electron chi connectivity index (χ1n) is 7.47. The lowest BCUT2D eigenvalue weighted by molar-refractivity contribution is 0.269. The molecule has 114 valence electrons. The van der Waals surface area contributed by atoms with Crippen LogP contribution in [0.15, 0.2) is 18.2 Å². The van der Waals surface area contributed by atoms with Crippen LogP contribution in [0.25, 0.3) is 0 Å². The molecule has 3 heteroatoms. The van der Waals surface area contributed by atoms with Crippen molar-refractivity contribution >= 4 is 0 Å². The van der Waals surface area contributed by atoms with E-state index < -0.39 is 0 Å². The highest BCUT2D eigenvalue weighted by Gasteiger charge is 2.20. The highest BCUT2D eigenvalue weighted by atomic mass is 16.3. The second-order valence-electron chi connectivity index (χ2n) is 6.96. The lowest BCUT2D eigenvalue weighted by Gasteiger charge is -2.15. The van der Waals surface area contributed by atoms with Crippen LogP contribution in [0.5, 0.6) is 0 Å². The number of benzene rings is 1. The molecular formula is C18H26N2O. The summed E-state index contributed by atoms with van der Waals surface area (Å²) in [6.07, 6.45) is 0. The summed E-state index contributed by atoms with van der Waals surface area (Å²) in [5.74, 6) is 0. The Morgan fingerprint density at radius 2 is 1.62 bits per heavy atom. The summed E-state index contributed by atoms with van der Waals surface area (Å²) < 4.78 is 1.94. The van der Waals surface area contributed by atoms with E-state index in [1.807, 2.05) is 10.7 Å². The van der Waals surface area contributed by atoms with Crippen LogP contribution in [-0.4, -0.2) is 14.9 Å². The average molecular weight is 286 g/mol. The van der Waals surface area contributed by atoms with E-state index in [1.165, 1.54) is 22.3 Å². The van der Waals surface area contributed by atoms with E-state index in [4.69, 9.17) is 5.10 Å². The second kappa shape index (κ2) is 5.64. The zero-order valence-corrected chi connectivity index (χ0v) is 14.0. The zero-order chi connectivity index (χ0) is 15.8. The van der Waals surface area contributed by atoms with Crippen molar-refractivity contribution in [3.8, 4) is 0 Å². The smallest absolute Gasteiger partial charge is 0.0850 e. The quantitative estimate of drug-likeness (QED) is 0.935. The van der Waals surface area contributed by atoms with E-state index >= 15 is 0 Å². The van der Waals surface area contributed by atoms with Crippen molar-refractivity contribution in [1.29, 1.82) is 0 Å². The minimum Gasteiger partial charge on any atom is -0.390 e. The Kier molecular flexibility index (Phi) is 4.24. The van der Waals surface area contributed by atoms with Crippen molar-refractivity contribution in [2.45, 2.75) is 60.1 Å². The fraction of sp³-hybridized carbons (Fsp3) is 0.500. The third-order valence-corrected chi connectivity index (χ3v) is 3.94. The monoisotopic (exact) mass is 286 g/mol. The molecule has 0 fully saturated rings. The lowest BCUT2D eigenvalue weighted by Crippen LogP contribution is -2.14. The maximum Gasteiger partial charge on any atom is 0.0850 e. The first-order chi connectivity index (χ1) is 9.72. The Hall–Kier alpha value is -1.61. The standard InChI is InChI=1S/C18H26N2O/c1-12-7-13(2)16(14(3)8-12)10-20-15(11-21)9-17(19-20)18(4,5)6/h7-9,21H,10-11H2,1-6H3. The number of aliphatic hydroxyl groups is 1. The van der Waals surface area contributed by atoms with Crippen molar-refractivity contribution in [3.63, 3.8) is 0 Å². The molecule has 0 radical (unpaired) electrons. The van der Waals surface area contributed by atoms with E-state index in [2.05, 4.69) is 53.7 Å². The minimum absolute atomic E-state index is 0.00741. The molecule has 1 heterocycles. The summed E-state index contributed by atoms with van der Waals surface area (Å²) >= 11 is 0. The maximum atomic E-state index is 9.60. The molecule has 1 aromatic heterocycles. The number of aliphatic hydroxyl groups excluding tert-OH is 1. The van der Waals surface area contributed by atoms with Crippen LogP contribution in [0.1, 0.15) is 54.4 Å². The molecule has 1 N–H and O–H groups in total. The predicted molar refractivity (Wildman–Crippen MR) is 86.6 cm³/mol. The van der Waals surface area contributed by atoms with E-state index in [0.29, 0.717) is 6.54 Å². The van der Waals surface area contributed by atoms with Gasteiger partial charge in [-0.25, -0.2) is 0 Å². The summed E-state index contributed by atoms with van der Waals surface area (Å²) in [5.41, 5.74) is 7.03. The largest absolute Gasteiger partial charge is 0.390 e. The van der Waals surface area contributed by atoms with Gasteiger partial charge in [-0.2, -0.15) is 5.10 Å². The third kappa shape index (κ3) is 3.35. The molecule has 0 unspecified atom stereocenters. The van der Waals surface area contributed by atoms with E-state index in [-0.39, 0.29) is 12.0 Å². The van der Waals surface area contributed by atoms with Crippen molar-refractivity contribution < 1.29 is 5.11 Å². The summed E-state index contributed by atoms with van der Waals surface area (Å²) in [5, 5.41) is 14.3. The van der Waals surface area contributed by atoms with Gasteiger partial charge in [0.05, 0.1) is 24.5 Å². The van der Waals surface area contributed by atoms with Crippen LogP contribution in [0.2, 0.25) is 0 Å². The number of rotatable bonds is 3. The molecule has 0 spiro atoms. The van der Waals surface area contributed by atoms with Crippen molar-refractivity contribution in [2.75, 3.05) is 0 Å². The van der Waals surface area contributed by atoms with E-state index in [0.717, 1.165) is 11.4 Å². The van der Waals surface area contributed by atoms with Crippen LogP contribution >= 0.6 is 0 Å². The molecule has 0 aliphatic carbocycles. The molecule has 0 aliphatic heterocycles. The Labute approximate surface area is 127 Å². The predicted octanol–water partition coefficient (Wildman–Crippen LogP) is 3.65. The van der Waals surface area contributed by atoms with Crippen LogP contribution in [0.4, 0.5) is 0 Å². The van der Waals surface area contributed by atoms with Gasteiger partial charge in [0, 0.05) is 5.41 Å². The van der Waals surface area contributed by atoms with E-state index in [1.54, 1.807) is 0 Å². The normalized spacial score (nSPS) is 12.0. The van der Waals surface area contributed by atoms with E-state index in [9.17, 15) is 5.11 Å². The fourth-order valence-corrected chi connectivity index (χ4v) is 2.70. The summed E-state index contributed by atoms with van der Waals surface area (Å²) in [6.45, 7) is 13.6. The zero-order valence-electron chi connectivity index (χ0n) is 14.0. The lowest BCUT2D eigenvalue weighted by atomic mass is 9.92. The molecule has 0 saturated heterocycles. The van der Waals surface area contributed by atoms with Crippen molar-refractivity contribution in [3.05, 3.63) is 51.8 Å². The molecule has 2 rings (SSSR count). The van der Waals surface area contributed by atoms with Crippen LogP contribution in [0.3, 0.4) is 0 Å².